The minimum Gasteiger partial charge on any atom is -0.497 e. The Morgan fingerprint density at radius 2 is 2.14 bits per heavy atom. The first-order valence-corrected chi connectivity index (χ1v) is 6.88. The third kappa shape index (κ3) is 3.80. The van der Waals surface area contributed by atoms with Crippen LogP contribution in [0.1, 0.15) is 23.2 Å². The first-order valence-electron chi connectivity index (χ1n) is 6.88. The summed E-state index contributed by atoms with van der Waals surface area (Å²) in [5, 5.41) is 3.15. The van der Waals surface area contributed by atoms with E-state index >= 15 is 0 Å². The maximum atomic E-state index is 12.7. The van der Waals surface area contributed by atoms with Crippen LogP contribution < -0.4 is 14.8 Å². The molecule has 1 aromatic carbocycles. The molecule has 1 aliphatic rings. The fourth-order valence-corrected chi connectivity index (χ4v) is 2.68. The third-order valence-corrected chi connectivity index (χ3v) is 3.72. The van der Waals surface area contributed by atoms with E-state index in [4.69, 9.17) is 9.47 Å². The van der Waals surface area contributed by atoms with Gasteiger partial charge in [-0.2, -0.15) is 0 Å². The Morgan fingerprint density at radius 1 is 1.38 bits per heavy atom. The Hall–Kier alpha value is -1.46. The topological polar surface area (TPSA) is 50.8 Å². The average molecular weight is 315 g/mol. The van der Waals surface area contributed by atoms with E-state index in [9.17, 15) is 4.79 Å². The van der Waals surface area contributed by atoms with Gasteiger partial charge in [0.2, 0.25) is 0 Å². The Bertz CT molecular complexity index is 482. The van der Waals surface area contributed by atoms with Crippen molar-refractivity contribution in [2.75, 3.05) is 34.4 Å². The number of likely N-dealkylation sites (N-methyl/N-ethyl adjacent to an activating group) is 1. The van der Waals surface area contributed by atoms with Crippen molar-refractivity contribution in [3.63, 3.8) is 0 Å². The first kappa shape index (κ1) is 17.6. The zero-order chi connectivity index (χ0) is 14.5. The van der Waals surface area contributed by atoms with Crippen molar-refractivity contribution in [2.24, 2.45) is 0 Å². The second-order valence-corrected chi connectivity index (χ2v) is 4.92. The first-order chi connectivity index (χ1) is 9.71. The monoisotopic (exact) mass is 314 g/mol. The van der Waals surface area contributed by atoms with E-state index in [0.29, 0.717) is 17.1 Å². The molecule has 5 nitrogen and oxygen atoms in total. The number of likely N-dealkylation sites (tertiary alicyclic amines) is 1. The molecule has 0 bridgehead atoms. The van der Waals surface area contributed by atoms with Crippen molar-refractivity contribution in [2.45, 2.75) is 18.9 Å². The number of hydrogen-bond acceptors (Lipinski definition) is 4. The molecule has 1 amide bonds. The predicted octanol–water partition coefficient (Wildman–Crippen LogP) is 1.95. The minimum atomic E-state index is 0. The van der Waals surface area contributed by atoms with Crippen LogP contribution in [0.5, 0.6) is 11.5 Å². The Labute approximate surface area is 132 Å². The molecule has 0 saturated carbocycles. The molecule has 1 saturated heterocycles. The van der Waals surface area contributed by atoms with Crippen LogP contribution in [0.3, 0.4) is 0 Å². The zero-order valence-corrected chi connectivity index (χ0v) is 13.5. The van der Waals surface area contributed by atoms with Crippen molar-refractivity contribution in [3.8, 4) is 11.5 Å². The van der Waals surface area contributed by atoms with E-state index in [-0.39, 0.29) is 24.4 Å². The normalized spacial score (nSPS) is 17.3. The third-order valence-electron chi connectivity index (χ3n) is 3.72. The summed E-state index contributed by atoms with van der Waals surface area (Å²) in [5.74, 6) is 1.28. The molecule has 1 unspecified atom stereocenters. The van der Waals surface area contributed by atoms with Crippen LogP contribution in [0, 0.1) is 0 Å². The number of ether oxygens (including phenoxy) is 2. The smallest absolute Gasteiger partial charge is 0.257 e. The number of carbonyl (C=O) groups is 1. The lowest BCUT2D eigenvalue weighted by atomic mass is 10.1. The minimum absolute atomic E-state index is 0. The van der Waals surface area contributed by atoms with E-state index < -0.39 is 0 Å². The highest BCUT2D eigenvalue weighted by Gasteiger charge is 2.30. The molecule has 118 valence electrons. The zero-order valence-electron chi connectivity index (χ0n) is 12.7. The van der Waals surface area contributed by atoms with Gasteiger partial charge in [0.15, 0.2) is 0 Å². The number of halogens is 1. The second-order valence-electron chi connectivity index (χ2n) is 4.92. The highest BCUT2D eigenvalue weighted by molar-refractivity contribution is 5.97. The molecule has 1 atom stereocenters. The number of methoxy groups -OCH3 is 2. The molecule has 2 rings (SSSR count). The number of amides is 1. The Balaban J connectivity index is 0.00000220. The number of carbonyl (C=O) groups excluding carboxylic acids is 1. The lowest BCUT2D eigenvalue weighted by Gasteiger charge is -2.25. The van der Waals surface area contributed by atoms with Crippen LogP contribution in [-0.2, 0) is 0 Å². The van der Waals surface area contributed by atoms with Crippen LogP contribution in [0.2, 0.25) is 0 Å². The molecular weight excluding hydrogens is 292 g/mol. The number of rotatable bonds is 5. The summed E-state index contributed by atoms with van der Waals surface area (Å²) in [7, 11) is 5.08. The molecule has 21 heavy (non-hydrogen) atoms. The van der Waals surface area contributed by atoms with Gasteiger partial charge in [0.05, 0.1) is 19.8 Å². The van der Waals surface area contributed by atoms with Gasteiger partial charge < -0.3 is 19.7 Å². The molecule has 0 aliphatic carbocycles. The Kier molecular flexibility index (Phi) is 6.78. The van der Waals surface area contributed by atoms with Gasteiger partial charge in [0.25, 0.3) is 5.91 Å². The molecule has 0 radical (unpaired) electrons. The second kappa shape index (κ2) is 8.10. The molecular formula is C15H23ClN2O3. The van der Waals surface area contributed by atoms with Crippen LogP contribution in [0.15, 0.2) is 18.2 Å². The van der Waals surface area contributed by atoms with Gasteiger partial charge in [-0.1, -0.05) is 0 Å². The van der Waals surface area contributed by atoms with Gasteiger partial charge in [-0.15, -0.1) is 12.4 Å². The number of nitrogens with one attached hydrogen (secondary N) is 1. The van der Waals surface area contributed by atoms with Crippen LogP contribution in [0.25, 0.3) is 0 Å². The molecule has 6 heteroatoms. The summed E-state index contributed by atoms with van der Waals surface area (Å²) >= 11 is 0. The maximum Gasteiger partial charge on any atom is 0.257 e. The van der Waals surface area contributed by atoms with Crippen molar-refractivity contribution < 1.29 is 14.3 Å². The predicted molar refractivity (Wildman–Crippen MR) is 84.8 cm³/mol. The van der Waals surface area contributed by atoms with Gasteiger partial charge in [0.1, 0.15) is 11.5 Å². The number of hydrogen-bond donors (Lipinski definition) is 1. The molecule has 1 heterocycles. The summed E-state index contributed by atoms with van der Waals surface area (Å²) < 4.78 is 10.5. The summed E-state index contributed by atoms with van der Waals surface area (Å²) in [6.07, 6.45) is 2.10. The van der Waals surface area contributed by atoms with Crippen LogP contribution in [0.4, 0.5) is 0 Å². The summed E-state index contributed by atoms with van der Waals surface area (Å²) in [5.41, 5.74) is 0.594. The molecule has 1 N–H and O–H groups in total. The van der Waals surface area contributed by atoms with Gasteiger partial charge in [-0.25, -0.2) is 0 Å². The van der Waals surface area contributed by atoms with E-state index in [0.717, 1.165) is 25.9 Å². The van der Waals surface area contributed by atoms with Gasteiger partial charge >= 0.3 is 0 Å². The molecule has 0 aromatic heterocycles. The summed E-state index contributed by atoms with van der Waals surface area (Å²) in [6, 6.07) is 5.57. The van der Waals surface area contributed by atoms with Crippen molar-refractivity contribution in [1.29, 1.82) is 0 Å². The molecule has 1 aliphatic heterocycles. The molecule has 1 fully saturated rings. The maximum absolute atomic E-state index is 12.7. The molecule has 1 aromatic rings. The lowest BCUT2D eigenvalue weighted by molar-refractivity contribution is 0.0733. The largest absolute Gasteiger partial charge is 0.497 e. The Morgan fingerprint density at radius 3 is 2.76 bits per heavy atom. The fourth-order valence-electron chi connectivity index (χ4n) is 2.68. The average Bonchev–Trinajstić information content (AvgIpc) is 2.94. The number of benzene rings is 1. The van der Waals surface area contributed by atoms with Gasteiger partial charge in [-0.05, 0) is 32.0 Å². The number of nitrogens with zero attached hydrogens (tertiary/aromatic N) is 1. The molecule has 0 spiro atoms. The van der Waals surface area contributed by atoms with Crippen LogP contribution >= 0.6 is 12.4 Å². The SMILES string of the molecule is CNCC1CCCN1C(=O)c1ccc(OC)cc1OC.Cl. The highest BCUT2D eigenvalue weighted by atomic mass is 35.5. The van der Waals surface area contributed by atoms with Crippen molar-refractivity contribution in [1.82, 2.24) is 10.2 Å². The van der Waals surface area contributed by atoms with Gasteiger partial charge in [-0.3, -0.25) is 4.79 Å². The van der Waals surface area contributed by atoms with E-state index in [1.165, 1.54) is 0 Å². The summed E-state index contributed by atoms with van der Waals surface area (Å²) in [6.45, 7) is 1.63. The van der Waals surface area contributed by atoms with Crippen molar-refractivity contribution >= 4 is 18.3 Å². The quantitative estimate of drug-likeness (QED) is 0.902. The van der Waals surface area contributed by atoms with Crippen LogP contribution in [-0.4, -0.2) is 51.2 Å². The standard InChI is InChI=1S/C15H22N2O3.ClH/c1-16-10-11-5-4-8-17(11)15(18)13-7-6-12(19-2)9-14(13)20-3;/h6-7,9,11,16H,4-5,8,10H2,1-3H3;1H. The summed E-state index contributed by atoms with van der Waals surface area (Å²) in [4.78, 5) is 14.6. The van der Waals surface area contributed by atoms with Gasteiger partial charge in [0, 0.05) is 25.2 Å². The lowest BCUT2D eigenvalue weighted by Crippen LogP contribution is -2.40. The fraction of sp³-hybridized carbons (Fsp3) is 0.533. The highest BCUT2D eigenvalue weighted by Crippen LogP contribution is 2.28. The van der Waals surface area contributed by atoms with E-state index in [1.54, 1.807) is 32.4 Å². The van der Waals surface area contributed by atoms with E-state index in [1.807, 2.05) is 11.9 Å². The van der Waals surface area contributed by atoms with E-state index in [2.05, 4.69) is 5.32 Å². The van der Waals surface area contributed by atoms with Crippen molar-refractivity contribution in [3.05, 3.63) is 23.8 Å².